The summed E-state index contributed by atoms with van der Waals surface area (Å²) >= 11 is 7.55. The Bertz CT molecular complexity index is 540. The molecule has 0 saturated heterocycles. The van der Waals surface area contributed by atoms with Crippen LogP contribution in [-0.4, -0.2) is 10.1 Å². The molecule has 0 spiro atoms. The van der Waals surface area contributed by atoms with Crippen molar-refractivity contribution >= 4 is 28.1 Å². The molecule has 3 nitrogen and oxygen atoms in total. The number of rotatable bonds is 4. The van der Waals surface area contributed by atoms with Crippen LogP contribution in [0.1, 0.15) is 30.2 Å². The molecule has 2 N–H and O–H groups in total. The van der Waals surface area contributed by atoms with E-state index >= 15 is 0 Å². The van der Waals surface area contributed by atoms with E-state index in [0.717, 1.165) is 20.6 Å². The third-order valence-corrected chi connectivity index (χ3v) is 4.22. The van der Waals surface area contributed by atoms with Crippen molar-refractivity contribution in [2.24, 2.45) is 0 Å². The monoisotopic (exact) mass is 282 g/mol. The van der Waals surface area contributed by atoms with Crippen LogP contribution in [0.5, 0.6) is 5.88 Å². The average Bonchev–Trinajstić information content (AvgIpc) is 2.70. The fourth-order valence-electron chi connectivity index (χ4n) is 1.59. The fraction of sp³-hybridized carbons (Fsp3) is 0.308. The van der Waals surface area contributed by atoms with Crippen molar-refractivity contribution in [2.75, 3.05) is 5.32 Å². The van der Waals surface area contributed by atoms with Gasteiger partial charge in [0.1, 0.15) is 0 Å². The van der Waals surface area contributed by atoms with Gasteiger partial charge in [0.2, 0.25) is 5.88 Å². The van der Waals surface area contributed by atoms with Crippen LogP contribution in [0.25, 0.3) is 0 Å². The van der Waals surface area contributed by atoms with Crippen molar-refractivity contribution in [3.63, 3.8) is 0 Å². The summed E-state index contributed by atoms with van der Waals surface area (Å²) in [6, 6.07) is 7.67. The van der Waals surface area contributed by atoms with E-state index in [0.29, 0.717) is 6.54 Å². The minimum Gasteiger partial charge on any atom is -0.492 e. The van der Waals surface area contributed by atoms with Gasteiger partial charge in [-0.15, -0.1) is 0 Å². The van der Waals surface area contributed by atoms with Crippen molar-refractivity contribution < 1.29 is 5.11 Å². The molecule has 18 heavy (non-hydrogen) atoms. The number of aromatic hydroxyl groups is 1. The number of anilines is 1. The van der Waals surface area contributed by atoms with E-state index in [1.807, 2.05) is 38.1 Å². The van der Waals surface area contributed by atoms with Crippen molar-refractivity contribution in [1.82, 2.24) is 4.98 Å². The molecule has 96 valence electrons. The lowest BCUT2D eigenvalue weighted by atomic mass is 10.2. The number of thiazole rings is 1. The van der Waals surface area contributed by atoms with Crippen molar-refractivity contribution in [2.45, 2.75) is 26.3 Å². The van der Waals surface area contributed by atoms with Crippen LogP contribution in [0, 0.1) is 0 Å². The largest absolute Gasteiger partial charge is 0.492 e. The molecule has 0 amide bonds. The van der Waals surface area contributed by atoms with Gasteiger partial charge in [-0.25, -0.2) is 0 Å². The molecule has 2 aromatic rings. The fourth-order valence-corrected chi connectivity index (χ4v) is 2.65. The van der Waals surface area contributed by atoms with Crippen molar-refractivity contribution in [1.29, 1.82) is 0 Å². The summed E-state index contributed by atoms with van der Waals surface area (Å²) in [5, 5.41) is 14.3. The summed E-state index contributed by atoms with van der Waals surface area (Å²) in [4.78, 5) is 5.00. The van der Waals surface area contributed by atoms with E-state index in [2.05, 4.69) is 10.3 Å². The molecule has 0 atom stereocenters. The lowest BCUT2D eigenvalue weighted by Crippen LogP contribution is -1.99. The maximum absolute atomic E-state index is 9.69. The first-order valence-corrected chi connectivity index (χ1v) is 6.94. The SMILES string of the molecule is CC(C)c1sc(NCc2ccccc2Cl)nc1O. The normalized spacial score (nSPS) is 10.9. The van der Waals surface area contributed by atoms with Crippen LogP contribution in [0.15, 0.2) is 24.3 Å². The Morgan fingerprint density at radius 3 is 2.72 bits per heavy atom. The molecule has 0 bridgehead atoms. The highest BCUT2D eigenvalue weighted by atomic mass is 35.5. The maximum Gasteiger partial charge on any atom is 0.227 e. The second-order valence-corrected chi connectivity index (χ2v) is 5.74. The van der Waals surface area contributed by atoms with Gasteiger partial charge in [0.15, 0.2) is 5.13 Å². The Labute approximate surface area is 115 Å². The Balaban J connectivity index is 2.07. The zero-order chi connectivity index (χ0) is 13.1. The van der Waals surface area contributed by atoms with Crippen LogP contribution in [0.3, 0.4) is 0 Å². The number of nitrogens with one attached hydrogen (secondary N) is 1. The van der Waals surface area contributed by atoms with E-state index in [1.165, 1.54) is 11.3 Å². The molecule has 1 aromatic carbocycles. The third kappa shape index (κ3) is 2.94. The summed E-state index contributed by atoms with van der Waals surface area (Å²) in [7, 11) is 0. The van der Waals surface area contributed by atoms with Crippen molar-refractivity contribution in [3.8, 4) is 5.88 Å². The minimum atomic E-state index is 0.122. The van der Waals surface area contributed by atoms with E-state index in [1.54, 1.807) is 0 Å². The van der Waals surface area contributed by atoms with Gasteiger partial charge in [-0.1, -0.05) is 55.0 Å². The second kappa shape index (κ2) is 5.59. The van der Waals surface area contributed by atoms with E-state index < -0.39 is 0 Å². The molecule has 0 radical (unpaired) electrons. The van der Waals surface area contributed by atoms with E-state index in [-0.39, 0.29) is 11.8 Å². The molecule has 0 aliphatic carbocycles. The Kier molecular flexibility index (Phi) is 4.09. The van der Waals surface area contributed by atoms with Gasteiger partial charge < -0.3 is 10.4 Å². The molecule has 5 heteroatoms. The molecule has 1 aromatic heterocycles. The maximum atomic E-state index is 9.69. The topological polar surface area (TPSA) is 45.2 Å². The molecular weight excluding hydrogens is 268 g/mol. The smallest absolute Gasteiger partial charge is 0.227 e. The quantitative estimate of drug-likeness (QED) is 0.882. The molecule has 2 rings (SSSR count). The van der Waals surface area contributed by atoms with E-state index in [9.17, 15) is 5.11 Å². The zero-order valence-corrected chi connectivity index (χ0v) is 11.8. The number of benzene rings is 1. The van der Waals surface area contributed by atoms with Gasteiger partial charge in [0.05, 0.1) is 4.88 Å². The molecule has 0 unspecified atom stereocenters. The van der Waals surface area contributed by atoms with Gasteiger partial charge in [-0.2, -0.15) is 4.98 Å². The molecule has 0 fully saturated rings. The van der Waals surface area contributed by atoms with Crippen molar-refractivity contribution in [3.05, 3.63) is 39.7 Å². The Morgan fingerprint density at radius 1 is 1.39 bits per heavy atom. The first-order valence-electron chi connectivity index (χ1n) is 5.75. The summed E-state index contributed by atoms with van der Waals surface area (Å²) < 4.78 is 0. The van der Waals surface area contributed by atoms with Gasteiger partial charge in [-0.05, 0) is 17.5 Å². The third-order valence-electron chi connectivity index (χ3n) is 2.55. The molecular formula is C13H15ClN2OS. The van der Waals surface area contributed by atoms with Crippen LogP contribution in [0.4, 0.5) is 5.13 Å². The average molecular weight is 283 g/mol. The first kappa shape index (κ1) is 13.2. The zero-order valence-electron chi connectivity index (χ0n) is 10.3. The molecule has 0 aliphatic rings. The van der Waals surface area contributed by atoms with Crippen LogP contribution in [-0.2, 0) is 6.54 Å². The summed E-state index contributed by atoms with van der Waals surface area (Å²) in [5.74, 6) is 0.398. The summed E-state index contributed by atoms with van der Waals surface area (Å²) in [5.41, 5.74) is 1.01. The van der Waals surface area contributed by atoms with Gasteiger partial charge >= 0.3 is 0 Å². The second-order valence-electron chi connectivity index (χ2n) is 4.31. The Hall–Kier alpha value is -1.26. The lowest BCUT2D eigenvalue weighted by molar-refractivity contribution is 0.449. The van der Waals surface area contributed by atoms with Crippen LogP contribution in [0.2, 0.25) is 5.02 Å². The highest BCUT2D eigenvalue weighted by Gasteiger charge is 2.13. The summed E-state index contributed by atoms with van der Waals surface area (Å²) in [6.07, 6.45) is 0. The number of hydrogen-bond acceptors (Lipinski definition) is 4. The summed E-state index contributed by atoms with van der Waals surface area (Å²) in [6.45, 7) is 4.67. The predicted octanol–water partition coefficient (Wildman–Crippen LogP) is 4.24. The standard InChI is InChI=1S/C13H15ClN2OS/c1-8(2)11-12(17)16-13(18-11)15-7-9-5-3-4-6-10(9)14/h3-6,8,17H,7H2,1-2H3,(H,15,16). The predicted molar refractivity (Wildman–Crippen MR) is 76.6 cm³/mol. The number of halogens is 1. The first-order chi connectivity index (χ1) is 8.58. The highest BCUT2D eigenvalue weighted by Crippen LogP contribution is 2.34. The van der Waals surface area contributed by atoms with Gasteiger partial charge in [0.25, 0.3) is 0 Å². The highest BCUT2D eigenvalue weighted by molar-refractivity contribution is 7.16. The van der Waals surface area contributed by atoms with Crippen LogP contribution < -0.4 is 5.32 Å². The number of aromatic nitrogens is 1. The Morgan fingerprint density at radius 2 is 2.11 bits per heavy atom. The number of nitrogens with zero attached hydrogens (tertiary/aromatic N) is 1. The molecule has 0 saturated carbocycles. The lowest BCUT2D eigenvalue weighted by Gasteiger charge is -2.04. The minimum absolute atomic E-state index is 0.122. The molecule has 1 heterocycles. The van der Waals surface area contributed by atoms with E-state index in [4.69, 9.17) is 11.6 Å². The van der Waals surface area contributed by atoms with Gasteiger partial charge in [-0.3, -0.25) is 0 Å². The number of hydrogen-bond donors (Lipinski definition) is 2. The van der Waals surface area contributed by atoms with Gasteiger partial charge in [0, 0.05) is 11.6 Å². The molecule has 0 aliphatic heterocycles. The van der Waals surface area contributed by atoms with Crippen LogP contribution >= 0.6 is 22.9 Å².